The second-order valence-corrected chi connectivity index (χ2v) is 5.12. The van der Waals surface area contributed by atoms with Crippen LogP contribution >= 0.6 is 27.5 Å². The lowest BCUT2D eigenvalue weighted by Crippen LogP contribution is -2.36. The number of rotatable bonds is 5. The zero-order valence-electron chi connectivity index (χ0n) is 9.74. The largest absolute Gasteiger partial charge is 0.481 e. The summed E-state index contributed by atoms with van der Waals surface area (Å²) in [5.41, 5.74) is 0.329. The number of amides is 1. The van der Waals surface area contributed by atoms with Gasteiger partial charge in [0, 0.05) is 10.5 Å². The molecule has 0 fully saturated rings. The number of carboxylic acids is 1. The lowest BCUT2D eigenvalue weighted by atomic mass is 10.1. The maximum Gasteiger partial charge on any atom is 0.305 e. The van der Waals surface area contributed by atoms with Gasteiger partial charge >= 0.3 is 5.97 Å². The molecule has 1 unspecified atom stereocenters. The van der Waals surface area contributed by atoms with Crippen molar-refractivity contribution in [3.05, 3.63) is 33.3 Å². The molecule has 0 aromatic heterocycles. The highest BCUT2D eigenvalue weighted by Crippen LogP contribution is 2.21. The number of carbonyl (C=O) groups is 2. The van der Waals surface area contributed by atoms with E-state index in [-0.39, 0.29) is 12.3 Å². The first-order valence-electron chi connectivity index (χ1n) is 5.41. The van der Waals surface area contributed by atoms with E-state index in [0.29, 0.717) is 17.0 Å². The monoisotopic (exact) mass is 333 g/mol. The molecule has 1 aromatic rings. The number of aliphatic carboxylic acids is 1. The minimum atomic E-state index is -0.942. The predicted octanol–water partition coefficient (Wildman–Crippen LogP) is 3.09. The fraction of sp³-hybridized carbons (Fsp3) is 0.333. The van der Waals surface area contributed by atoms with Gasteiger partial charge in [-0.1, -0.05) is 34.5 Å². The Morgan fingerprint density at radius 2 is 2.17 bits per heavy atom. The molecule has 1 atom stereocenters. The van der Waals surface area contributed by atoms with Gasteiger partial charge < -0.3 is 10.4 Å². The molecular weight excluding hydrogens is 321 g/mol. The van der Waals surface area contributed by atoms with Crippen LogP contribution in [0.2, 0.25) is 5.02 Å². The summed E-state index contributed by atoms with van der Waals surface area (Å²) in [4.78, 5) is 22.6. The van der Waals surface area contributed by atoms with Crippen LogP contribution in [0.4, 0.5) is 0 Å². The molecule has 0 saturated heterocycles. The summed E-state index contributed by atoms with van der Waals surface area (Å²) in [7, 11) is 0. The van der Waals surface area contributed by atoms with E-state index in [4.69, 9.17) is 16.7 Å². The second kappa shape index (κ2) is 6.75. The van der Waals surface area contributed by atoms with E-state index in [0.717, 1.165) is 4.47 Å². The van der Waals surface area contributed by atoms with Crippen LogP contribution in [0.5, 0.6) is 0 Å². The minimum Gasteiger partial charge on any atom is -0.481 e. The molecular formula is C12H13BrClNO3. The molecule has 0 aliphatic rings. The molecule has 0 saturated carbocycles. The zero-order chi connectivity index (χ0) is 13.7. The third kappa shape index (κ3) is 4.31. The van der Waals surface area contributed by atoms with E-state index in [2.05, 4.69) is 21.2 Å². The summed E-state index contributed by atoms with van der Waals surface area (Å²) in [5.74, 6) is -1.31. The summed E-state index contributed by atoms with van der Waals surface area (Å²) in [6.07, 6.45) is 0.442. The van der Waals surface area contributed by atoms with Crippen LogP contribution < -0.4 is 5.32 Å². The number of carboxylic acid groups (broad SMARTS) is 1. The van der Waals surface area contributed by atoms with Gasteiger partial charge in [0.15, 0.2) is 0 Å². The molecule has 18 heavy (non-hydrogen) atoms. The van der Waals surface area contributed by atoms with Crippen LogP contribution in [-0.2, 0) is 4.79 Å². The van der Waals surface area contributed by atoms with Crippen molar-refractivity contribution >= 4 is 39.4 Å². The molecule has 0 bridgehead atoms. The zero-order valence-corrected chi connectivity index (χ0v) is 12.1. The Morgan fingerprint density at radius 1 is 1.50 bits per heavy atom. The molecule has 1 rings (SSSR count). The fourth-order valence-corrected chi connectivity index (χ4v) is 2.01. The van der Waals surface area contributed by atoms with Crippen molar-refractivity contribution < 1.29 is 14.7 Å². The lowest BCUT2D eigenvalue weighted by molar-refractivity contribution is -0.137. The standard InChI is InChI=1S/C12H13BrClNO3/c1-2-8(6-11(16)17)15-12(18)9-5-7(13)3-4-10(9)14/h3-5,8H,2,6H2,1H3,(H,15,18)(H,16,17). The summed E-state index contributed by atoms with van der Waals surface area (Å²) in [6, 6.07) is 4.54. The highest BCUT2D eigenvalue weighted by atomic mass is 79.9. The maximum atomic E-state index is 12.0. The van der Waals surface area contributed by atoms with Gasteiger partial charge in [0.25, 0.3) is 5.91 Å². The van der Waals surface area contributed by atoms with Gasteiger partial charge in [0.2, 0.25) is 0 Å². The molecule has 1 aromatic carbocycles. The average Bonchev–Trinajstić information content (AvgIpc) is 2.30. The van der Waals surface area contributed by atoms with Crippen LogP contribution in [0, 0.1) is 0 Å². The van der Waals surface area contributed by atoms with Gasteiger partial charge in [-0.2, -0.15) is 0 Å². The van der Waals surface area contributed by atoms with E-state index in [1.807, 2.05) is 6.92 Å². The van der Waals surface area contributed by atoms with Crippen molar-refractivity contribution in [2.75, 3.05) is 0 Å². The molecule has 0 heterocycles. The molecule has 0 aliphatic heterocycles. The topological polar surface area (TPSA) is 66.4 Å². The average molecular weight is 335 g/mol. The normalized spacial score (nSPS) is 11.9. The summed E-state index contributed by atoms with van der Waals surface area (Å²) < 4.78 is 0.739. The van der Waals surface area contributed by atoms with Crippen LogP contribution in [-0.4, -0.2) is 23.0 Å². The van der Waals surface area contributed by atoms with Crippen molar-refractivity contribution in [1.29, 1.82) is 0 Å². The molecule has 6 heteroatoms. The van der Waals surface area contributed by atoms with Crippen LogP contribution in [0.3, 0.4) is 0 Å². The number of benzene rings is 1. The van der Waals surface area contributed by atoms with Crippen molar-refractivity contribution in [2.45, 2.75) is 25.8 Å². The fourth-order valence-electron chi connectivity index (χ4n) is 1.44. The van der Waals surface area contributed by atoms with Gasteiger partial charge in [0.1, 0.15) is 0 Å². The molecule has 0 radical (unpaired) electrons. The SMILES string of the molecule is CCC(CC(=O)O)NC(=O)c1cc(Br)ccc1Cl. The molecule has 98 valence electrons. The first kappa shape index (κ1) is 15.0. The molecule has 4 nitrogen and oxygen atoms in total. The third-order valence-corrected chi connectivity index (χ3v) is 3.24. The Kier molecular flexibility index (Phi) is 5.62. The quantitative estimate of drug-likeness (QED) is 0.869. The Labute approximate surface area is 118 Å². The van der Waals surface area contributed by atoms with Crippen molar-refractivity contribution in [3.8, 4) is 0 Å². The van der Waals surface area contributed by atoms with Gasteiger partial charge in [-0.3, -0.25) is 9.59 Å². The number of carbonyl (C=O) groups excluding carboxylic acids is 1. The van der Waals surface area contributed by atoms with E-state index in [9.17, 15) is 9.59 Å². The highest BCUT2D eigenvalue weighted by molar-refractivity contribution is 9.10. The van der Waals surface area contributed by atoms with E-state index in [1.165, 1.54) is 0 Å². The van der Waals surface area contributed by atoms with E-state index < -0.39 is 12.0 Å². The van der Waals surface area contributed by atoms with Crippen LogP contribution in [0.15, 0.2) is 22.7 Å². The number of nitrogens with one attached hydrogen (secondary N) is 1. The Morgan fingerprint density at radius 3 is 2.72 bits per heavy atom. The van der Waals surface area contributed by atoms with Gasteiger partial charge in [-0.25, -0.2) is 0 Å². The van der Waals surface area contributed by atoms with Crippen LogP contribution in [0.25, 0.3) is 0 Å². The van der Waals surface area contributed by atoms with Crippen molar-refractivity contribution in [2.24, 2.45) is 0 Å². The summed E-state index contributed by atoms with van der Waals surface area (Å²) in [6.45, 7) is 1.82. The van der Waals surface area contributed by atoms with Gasteiger partial charge in [0.05, 0.1) is 17.0 Å². The first-order valence-corrected chi connectivity index (χ1v) is 6.58. The lowest BCUT2D eigenvalue weighted by Gasteiger charge is -2.15. The Hall–Kier alpha value is -1.07. The summed E-state index contributed by atoms with van der Waals surface area (Å²) in [5, 5.41) is 11.7. The minimum absolute atomic E-state index is 0.103. The third-order valence-electron chi connectivity index (χ3n) is 2.42. The Bertz CT molecular complexity index is 465. The summed E-state index contributed by atoms with van der Waals surface area (Å²) >= 11 is 9.18. The molecule has 2 N–H and O–H groups in total. The highest BCUT2D eigenvalue weighted by Gasteiger charge is 2.17. The predicted molar refractivity (Wildman–Crippen MR) is 73.0 cm³/mol. The number of halogens is 2. The smallest absolute Gasteiger partial charge is 0.305 e. The molecule has 1 amide bonds. The number of hydrogen-bond donors (Lipinski definition) is 2. The molecule has 0 spiro atoms. The Balaban J connectivity index is 2.80. The van der Waals surface area contributed by atoms with E-state index >= 15 is 0 Å². The van der Waals surface area contributed by atoms with Gasteiger partial charge in [-0.15, -0.1) is 0 Å². The maximum absolute atomic E-state index is 12.0. The van der Waals surface area contributed by atoms with Crippen LogP contribution in [0.1, 0.15) is 30.1 Å². The van der Waals surface area contributed by atoms with Crippen molar-refractivity contribution in [3.63, 3.8) is 0 Å². The first-order chi connectivity index (χ1) is 8.43. The second-order valence-electron chi connectivity index (χ2n) is 3.80. The molecule has 0 aliphatic carbocycles. The number of hydrogen-bond acceptors (Lipinski definition) is 2. The van der Waals surface area contributed by atoms with Crippen molar-refractivity contribution in [1.82, 2.24) is 5.32 Å². The van der Waals surface area contributed by atoms with E-state index in [1.54, 1.807) is 18.2 Å². The van der Waals surface area contributed by atoms with Gasteiger partial charge in [-0.05, 0) is 24.6 Å².